The summed E-state index contributed by atoms with van der Waals surface area (Å²) in [4.78, 5) is 0. The fourth-order valence-electron chi connectivity index (χ4n) is 4.84. The zero-order valence-corrected chi connectivity index (χ0v) is 18.6. The largest absolute Gasteiger partial charge is 0.0990 e. The van der Waals surface area contributed by atoms with Crippen molar-refractivity contribution >= 4 is 33.7 Å². The molecule has 0 unspecified atom stereocenters. The first kappa shape index (κ1) is 20.0. The standard InChI is InChI=1S/C32H26/c1-4-11-28-27(5-2)31(25-15-10-12-22(3)20-25)29-16-8-9-17-30(29)32(28)26-19-18-23-13-6-7-14-24(23)21-26/h4-21H,1H2,2-3H3/b27-5+,28-11+. The first-order valence-electron chi connectivity index (χ1n) is 11.1. The molecule has 0 bridgehead atoms. The third-order valence-electron chi connectivity index (χ3n) is 6.21. The molecule has 0 aliphatic heterocycles. The number of aryl methyl sites for hydroxylation is 1. The predicted octanol–water partition coefficient (Wildman–Crippen LogP) is 7.40. The van der Waals surface area contributed by atoms with Crippen molar-refractivity contribution < 1.29 is 0 Å². The van der Waals surface area contributed by atoms with Gasteiger partial charge >= 0.3 is 0 Å². The number of hydrogen-bond acceptors (Lipinski definition) is 0. The Kier molecular flexibility index (Phi) is 5.21. The highest BCUT2D eigenvalue weighted by Crippen LogP contribution is 2.32. The Labute approximate surface area is 189 Å². The van der Waals surface area contributed by atoms with E-state index in [4.69, 9.17) is 0 Å². The lowest BCUT2D eigenvalue weighted by atomic mass is 9.87. The van der Waals surface area contributed by atoms with E-state index < -0.39 is 0 Å². The van der Waals surface area contributed by atoms with Gasteiger partial charge in [-0.1, -0.05) is 115 Å². The third kappa shape index (κ3) is 3.35. The quantitative estimate of drug-likeness (QED) is 0.291. The van der Waals surface area contributed by atoms with E-state index in [0.717, 1.165) is 0 Å². The predicted molar refractivity (Wildman–Crippen MR) is 141 cm³/mol. The van der Waals surface area contributed by atoms with Crippen molar-refractivity contribution in [2.75, 3.05) is 0 Å². The van der Waals surface area contributed by atoms with Crippen molar-refractivity contribution in [2.24, 2.45) is 0 Å². The van der Waals surface area contributed by atoms with E-state index in [1.54, 1.807) is 0 Å². The fraction of sp³-hybridized carbons (Fsp3) is 0.0625. The lowest BCUT2D eigenvalue weighted by Crippen LogP contribution is -2.29. The van der Waals surface area contributed by atoms with E-state index in [-0.39, 0.29) is 0 Å². The van der Waals surface area contributed by atoms with Crippen LogP contribution in [0.5, 0.6) is 0 Å². The maximum atomic E-state index is 4.04. The molecule has 0 aromatic heterocycles. The van der Waals surface area contributed by atoms with Crippen LogP contribution in [0, 0.1) is 6.92 Å². The Bertz CT molecular complexity index is 1600. The molecule has 5 aromatic carbocycles. The van der Waals surface area contributed by atoms with Crippen molar-refractivity contribution in [3.05, 3.63) is 120 Å². The second kappa shape index (κ2) is 8.32. The second-order valence-corrected chi connectivity index (χ2v) is 8.25. The summed E-state index contributed by atoms with van der Waals surface area (Å²) in [5, 5.41) is 7.51. The normalized spacial score (nSPS) is 12.6. The SMILES string of the molecule is C=C/C=c1/c(-c2ccc3ccccc3c2)c2ccccc2c(-c2cccc(C)c2)/c1=C/C. The van der Waals surface area contributed by atoms with Crippen LogP contribution in [0.1, 0.15) is 12.5 Å². The monoisotopic (exact) mass is 410 g/mol. The summed E-state index contributed by atoms with van der Waals surface area (Å²) in [7, 11) is 0. The number of allylic oxidation sites excluding steroid dienone is 1. The molecule has 32 heavy (non-hydrogen) atoms. The summed E-state index contributed by atoms with van der Waals surface area (Å²) < 4.78 is 0. The maximum Gasteiger partial charge on any atom is -0.00263 e. The summed E-state index contributed by atoms with van der Waals surface area (Å²) in [5.74, 6) is 0. The molecule has 0 heteroatoms. The smallest absolute Gasteiger partial charge is 0.00263 e. The van der Waals surface area contributed by atoms with Crippen LogP contribution in [0.15, 0.2) is 104 Å². The Morgan fingerprint density at radius 1 is 0.625 bits per heavy atom. The van der Waals surface area contributed by atoms with Gasteiger partial charge in [0, 0.05) is 0 Å². The summed E-state index contributed by atoms with van der Waals surface area (Å²) in [5.41, 5.74) is 6.28. The van der Waals surface area contributed by atoms with Crippen LogP contribution in [-0.4, -0.2) is 0 Å². The molecule has 0 atom stereocenters. The molecule has 154 valence electrons. The van der Waals surface area contributed by atoms with Crippen LogP contribution >= 0.6 is 0 Å². The minimum Gasteiger partial charge on any atom is -0.0990 e. The average Bonchev–Trinajstić information content (AvgIpc) is 2.83. The van der Waals surface area contributed by atoms with Crippen molar-refractivity contribution in [1.29, 1.82) is 0 Å². The molecule has 0 fully saturated rings. The van der Waals surface area contributed by atoms with Gasteiger partial charge in [-0.2, -0.15) is 0 Å². The van der Waals surface area contributed by atoms with Gasteiger partial charge in [0.25, 0.3) is 0 Å². The lowest BCUT2D eigenvalue weighted by molar-refractivity contribution is 1.45. The Morgan fingerprint density at radius 2 is 1.28 bits per heavy atom. The van der Waals surface area contributed by atoms with E-state index in [2.05, 4.69) is 124 Å². The number of benzene rings is 5. The van der Waals surface area contributed by atoms with Crippen LogP contribution in [0.25, 0.3) is 56.0 Å². The van der Waals surface area contributed by atoms with Crippen LogP contribution in [0.2, 0.25) is 0 Å². The summed E-state index contributed by atoms with van der Waals surface area (Å²) in [6, 6.07) is 32.9. The molecule has 0 spiro atoms. The van der Waals surface area contributed by atoms with E-state index >= 15 is 0 Å². The van der Waals surface area contributed by atoms with Gasteiger partial charge in [0.1, 0.15) is 0 Å². The fourth-order valence-corrected chi connectivity index (χ4v) is 4.84. The van der Waals surface area contributed by atoms with Crippen LogP contribution in [0.3, 0.4) is 0 Å². The average molecular weight is 411 g/mol. The molecule has 0 nitrogen and oxygen atoms in total. The Balaban J connectivity index is 1.99. The highest BCUT2D eigenvalue weighted by atomic mass is 14.2. The van der Waals surface area contributed by atoms with Gasteiger partial charge in [-0.05, 0) is 74.1 Å². The van der Waals surface area contributed by atoms with Crippen molar-refractivity contribution in [3.63, 3.8) is 0 Å². The molecule has 0 aliphatic rings. The molecule has 5 aromatic rings. The highest BCUT2D eigenvalue weighted by molar-refractivity contribution is 6.06. The maximum absolute atomic E-state index is 4.04. The molecule has 0 N–H and O–H groups in total. The summed E-state index contributed by atoms with van der Waals surface area (Å²) >= 11 is 0. The van der Waals surface area contributed by atoms with Crippen LogP contribution < -0.4 is 10.4 Å². The van der Waals surface area contributed by atoms with Crippen molar-refractivity contribution in [1.82, 2.24) is 0 Å². The zero-order valence-electron chi connectivity index (χ0n) is 18.6. The summed E-state index contributed by atoms with van der Waals surface area (Å²) in [6.45, 7) is 8.33. The lowest BCUT2D eigenvalue weighted by Gasteiger charge is -2.16. The summed E-state index contributed by atoms with van der Waals surface area (Å²) in [6.07, 6.45) is 6.30. The van der Waals surface area contributed by atoms with Gasteiger partial charge in [0.05, 0.1) is 0 Å². The molecule has 0 amide bonds. The Morgan fingerprint density at radius 3 is 1.97 bits per heavy atom. The van der Waals surface area contributed by atoms with Crippen molar-refractivity contribution in [3.8, 4) is 22.3 Å². The van der Waals surface area contributed by atoms with Crippen molar-refractivity contribution in [2.45, 2.75) is 13.8 Å². The van der Waals surface area contributed by atoms with E-state index in [9.17, 15) is 0 Å². The molecule has 0 heterocycles. The second-order valence-electron chi connectivity index (χ2n) is 8.25. The van der Waals surface area contributed by atoms with E-state index in [0.29, 0.717) is 0 Å². The van der Waals surface area contributed by atoms with Gasteiger partial charge in [-0.25, -0.2) is 0 Å². The molecular formula is C32H26. The minimum atomic E-state index is 1.22. The third-order valence-corrected chi connectivity index (χ3v) is 6.21. The van der Waals surface area contributed by atoms with Gasteiger partial charge in [-0.3, -0.25) is 0 Å². The first-order chi connectivity index (χ1) is 15.7. The van der Waals surface area contributed by atoms with E-state index in [1.807, 2.05) is 6.08 Å². The number of rotatable bonds is 3. The first-order valence-corrected chi connectivity index (χ1v) is 11.1. The molecule has 0 saturated heterocycles. The van der Waals surface area contributed by atoms with Gasteiger partial charge in [0.15, 0.2) is 0 Å². The zero-order chi connectivity index (χ0) is 22.1. The molecular weight excluding hydrogens is 384 g/mol. The molecule has 5 rings (SSSR count). The Hall–Kier alpha value is -3.90. The topological polar surface area (TPSA) is 0 Å². The van der Waals surface area contributed by atoms with Gasteiger partial charge < -0.3 is 0 Å². The molecule has 0 saturated carbocycles. The molecule has 0 aliphatic carbocycles. The number of hydrogen-bond donors (Lipinski definition) is 0. The van der Waals surface area contributed by atoms with E-state index in [1.165, 1.54) is 59.8 Å². The van der Waals surface area contributed by atoms with Crippen LogP contribution in [-0.2, 0) is 0 Å². The van der Waals surface area contributed by atoms with Gasteiger partial charge in [-0.15, -0.1) is 0 Å². The molecule has 0 radical (unpaired) electrons. The van der Waals surface area contributed by atoms with Crippen LogP contribution in [0.4, 0.5) is 0 Å². The minimum absolute atomic E-state index is 1.22. The number of fused-ring (bicyclic) bond motifs is 2. The van der Waals surface area contributed by atoms with Gasteiger partial charge in [0.2, 0.25) is 0 Å². The highest BCUT2D eigenvalue weighted by Gasteiger charge is 2.14.